The molecule has 4 nitrogen and oxygen atoms in total. The predicted octanol–water partition coefficient (Wildman–Crippen LogP) is 4.14. The Kier molecular flexibility index (Phi) is 5.05. The van der Waals surface area contributed by atoms with Crippen LogP contribution in [0, 0.1) is 11.3 Å². The second kappa shape index (κ2) is 6.78. The van der Waals surface area contributed by atoms with Gasteiger partial charge in [-0.1, -0.05) is 39.3 Å². The third kappa shape index (κ3) is 3.61. The van der Waals surface area contributed by atoms with Crippen molar-refractivity contribution in [1.82, 2.24) is 5.16 Å². The van der Waals surface area contributed by atoms with Gasteiger partial charge in [-0.05, 0) is 12.1 Å². The van der Waals surface area contributed by atoms with Crippen molar-refractivity contribution in [3.63, 3.8) is 0 Å². The lowest BCUT2D eigenvalue weighted by molar-refractivity contribution is 0.162. The van der Waals surface area contributed by atoms with Crippen molar-refractivity contribution in [1.29, 1.82) is 5.26 Å². The molecule has 1 aromatic carbocycles. The molecular weight excluding hydrogens is 379 g/mol. The summed E-state index contributed by atoms with van der Waals surface area (Å²) in [6.07, 6.45) is 2.06. The summed E-state index contributed by atoms with van der Waals surface area (Å²) in [5.74, 6) is 1.10. The van der Waals surface area contributed by atoms with E-state index < -0.39 is 0 Å². The lowest BCUT2D eigenvalue weighted by Crippen LogP contribution is -2.08. The molecule has 1 unspecified atom stereocenters. The second-order valence-electron chi connectivity index (χ2n) is 3.75. The fraction of sp³-hybridized carbons (Fsp3) is 0.231. The Morgan fingerprint density at radius 2 is 2.32 bits per heavy atom. The highest BCUT2D eigenvalue weighted by molar-refractivity contribution is 14.1. The molecule has 1 atom stereocenters. The van der Waals surface area contributed by atoms with Gasteiger partial charge in [-0.15, -0.1) is 0 Å². The zero-order chi connectivity index (χ0) is 13.7. The Morgan fingerprint density at radius 1 is 1.47 bits per heavy atom. The molecule has 1 heterocycles. The van der Waals surface area contributed by atoms with Crippen molar-refractivity contribution in [2.75, 3.05) is 4.43 Å². The Balaban J connectivity index is 2.27. The number of rotatable bonds is 5. The van der Waals surface area contributed by atoms with Crippen molar-refractivity contribution >= 4 is 34.2 Å². The lowest BCUT2D eigenvalue weighted by Gasteiger charge is -2.16. The molecule has 0 bridgehead atoms. The Bertz CT molecular complexity index is 581. The number of halogens is 2. The van der Waals surface area contributed by atoms with Crippen LogP contribution in [0.25, 0.3) is 0 Å². The predicted molar refractivity (Wildman–Crippen MR) is 79.5 cm³/mol. The summed E-state index contributed by atoms with van der Waals surface area (Å²) in [7, 11) is 0. The number of ether oxygens (including phenoxy) is 1. The van der Waals surface area contributed by atoms with E-state index >= 15 is 0 Å². The minimum Gasteiger partial charge on any atom is -0.481 e. The molecule has 0 N–H and O–H groups in total. The molecule has 0 radical (unpaired) electrons. The Labute approximate surface area is 129 Å². The number of nitriles is 1. The van der Waals surface area contributed by atoms with E-state index in [0.29, 0.717) is 22.1 Å². The molecule has 2 aromatic rings. The molecule has 1 aromatic heterocycles. The highest BCUT2D eigenvalue weighted by Gasteiger charge is 2.18. The maximum Gasteiger partial charge on any atom is 0.177 e. The highest BCUT2D eigenvalue weighted by atomic mass is 127. The largest absolute Gasteiger partial charge is 0.481 e. The van der Waals surface area contributed by atoms with Crippen LogP contribution in [-0.4, -0.2) is 9.58 Å². The van der Waals surface area contributed by atoms with Crippen LogP contribution < -0.4 is 4.74 Å². The molecule has 0 aliphatic rings. The normalized spacial score (nSPS) is 11.8. The van der Waals surface area contributed by atoms with Gasteiger partial charge in [-0.25, -0.2) is 0 Å². The van der Waals surface area contributed by atoms with Gasteiger partial charge >= 0.3 is 0 Å². The Hall–Kier alpha value is -1.26. The van der Waals surface area contributed by atoms with Crippen LogP contribution in [0.1, 0.15) is 23.8 Å². The number of aromatic nitrogens is 1. The third-order valence-electron chi connectivity index (χ3n) is 2.48. The van der Waals surface area contributed by atoms with Gasteiger partial charge in [0.25, 0.3) is 0 Å². The summed E-state index contributed by atoms with van der Waals surface area (Å²) in [4.78, 5) is 0. The van der Waals surface area contributed by atoms with Crippen molar-refractivity contribution in [2.45, 2.75) is 12.5 Å². The number of alkyl halides is 1. The number of nitrogens with zero attached hydrogens (tertiary/aromatic N) is 2. The molecule has 0 saturated heterocycles. The number of hydrogen-bond donors (Lipinski definition) is 0. The van der Waals surface area contributed by atoms with E-state index in [-0.39, 0.29) is 6.10 Å². The van der Waals surface area contributed by atoms with Crippen LogP contribution in [0.5, 0.6) is 5.75 Å². The van der Waals surface area contributed by atoms with E-state index in [1.807, 2.05) is 0 Å². The summed E-state index contributed by atoms with van der Waals surface area (Å²) < 4.78 is 11.9. The fourth-order valence-electron chi connectivity index (χ4n) is 1.59. The average molecular weight is 389 g/mol. The van der Waals surface area contributed by atoms with Crippen molar-refractivity contribution < 1.29 is 9.26 Å². The van der Waals surface area contributed by atoms with Crippen molar-refractivity contribution in [3.05, 3.63) is 46.8 Å². The van der Waals surface area contributed by atoms with E-state index in [0.717, 1.165) is 10.8 Å². The molecule has 19 heavy (non-hydrogen) atoms. The lowest BCUT2D eigenvalue weighted by atomic mass is 10.2. The number of hydrogen-bond acceptors (Lipinski definition) is 4. The second-order valence-corrected chi connectivity index (χ2v) is 5.27. The third-order valence-corrected chi connectivity index (χ3v) is 3.34. The standard InChI is InChI=1S/C13H10ClIN2O2/c14-10-2-1-9(8-16)13(7-10)18-11(3-5-15)12-4-6-17-19-12/h1-2,4,6-7,11H,3,5H2. The molecule has 0 aliphatic carbocycles. The highest BCUT2D eigenvalue weighted by Crippen LogP contribution is 2.30. The smallest absolute Gasteiger partial charge is 0.177 e. The summed E-state index contributed by atoms with van der Waals surface area (Å²) >= 11 is 8.19. The van der Waals surface area contributed by atoms with Crippen LogP contribution in [0.3, 0.4) is 0 Å². The first-order chi connectivity index (χ1) is 9.24. The minimum atomic E-state index is -0.273. The zero-order valence-electron chi connectivity index (χ0n) is 9.85. The van der Waals surface area contributed by atoms with Gasteiger partial charge < -0.3 is 9.26 Å². The zero-order valence-corrected chi connectivity index (χ0v) is 12.8. The first-order valence-corrected chi connectivity index (χ1v) is 7.48. The molecule has 0 amide bonds. The minimum absolute atomic E-state index is 0.273. The molecule has 0 spiro atoms. The summed E-state index contributed by atoms with van der Waals surface area (Å²) in [6.45, 7) is 0. The monoisotopic (exact) mass is 388 g/mol. The molecule has 0 saturated carbocycles. The van der Waals surface area contributed by atoms with Gasteiger partial charge in [-0.2, -0.15) is 5.26 Å². The van der Waals surface area contributed by atoms with E-state index in [1.54, 1.807) is 30.5 Å². The summed E-state index contributed by atoms with van der Waals surface area (Å²) in [6, 6.07) is 8.78. The summed E-state index contributed by atoms with van der Waals surface area (Å²) in [5, 5.41) is 13.3. The topological polar surface area (TPSA) is 59.0 Å². The molecule has 6 heteroatoms. The molecule has 98 valence electrons. The quantitative estimate of drug-likeness (QED) is 0.570. The van der Waals surface area contributed by atoms with Gasteiger partial charge in [0.2, 0.25) is 0 Å². The van der Waals surface area contributed by atoms with E-state index in [2.05, 4.69) is 33.8 Å². The Morgan fingerprint density at radius 3 is 2.95 bits per heavy atom. The average Bonchev–Trinajstić information content (AvgIpc) is 2.92. The van der Waals surface area contributed by atoms with E-state index in [9.17, 15) is 0 Å². The summed E-state index contributed by atoms with van der Waals surface area (Å²) in [5.41, 5.74) is 0.447. The molecular formula is C13H10ClIN2O2. The fourth-order valence-corrected chi connectivity index (χ4v) is 2.32. The van der Waals surface area contributed by atoms with Crippen molar-refractivity contribution in [2.24, 2.45) is 0 Å². The van der Waals surface area contributed by atoms with Gasteiger partial charge in [-0.3, -0.25) is 0 Å². The van der Waals surface area contributed by atoms with Gasteiger partial charge in [0.05, 0.1) is 11.8 Å². The molecule has 2 rings (SSSR count). The first kappa shape index (κ1) is 14.2. The SMILES string of the molecule is N#Cc1ccc(Cl)cc1OC(CCI)c1ccno1. The van der Waals surface area contributed by atoms with Crippen molar-refractivity contribution in [3.8, 4) is 11.8 Å². The maximum absolute atomic E-state index is 9.07. The van der Waals surface area contributed by atoms with Gasteiger partial charge in [0.1, 0.15) is 11.8 Å². The first-order valence-electron chi connectivity index (χ1n) is 5.57. The molecule has 0 aliphatic heterocycles. The van der Waals surface area contributed by atoms with Crippen LogP contribution in [0.4, 0.5) is 0 Å². The van der Waals surface area contributed by atoms with Crippen LogP contribution in [0.2, 0.25) is 5.02 Å². The van der Waals surface area contributed by atoms with E-state index in [4.69, 9.17) is 26.1 Å². The number of benzene rings is 1. The van der Waals surface area contributed by atoms with Crippen LogP contribution >= 0.6 is 34.2 Å². The maximum atomic E-state index is 9.07. The van der Waals surface area contributed by atoms with E-state index in [1.165, 1.54) is 0 Å². The van der Waals surface area contributed by atoms with Crippen LogP contribution in [0.15, 0.2) is 35.0 Å². The van der Waals surface area contributed by atoms with Crippen LogP contribution in [-0.2, 0) is 0 Å². The molecule has 0 fully saturated rings. The van der Waals surface area contributed by atoms with Gasteiger partial charge in [0.15, 0.2) is 11.9 Å². The van der Waals surface area contributed by atoms with Gasteiger partial charge in [0, 0.05) is 28.0 Å².